The van der Waals surface area contributed by atoms with Crippen LogP contribution in [0.4, 0.5) is 0 Å². The molecule has 1 aliphatic rings. The third kappa shape index (κ3) is 4.14. The minimum absolute atomic E-state index is 0.0262. The van der Waals surface area contributed by atoms with Crippen LogP contribution >= 0.6 is 0 Å². The molecule has 0 spiro atoms. The highest BCUT2D eigenvalue weighted by molar-refractivity contribution is 7.89. The van der Waals surface area contributed by atoms with Gasteiger partial charge in [0.1, 0.15) is 5.78 Å². The van der Waals surface area contributed by atoms with Crippen molar-refractivity contribution in [2.45, 2.75) is 32.6 Å². The first kappa shape index (κ1) is 16.2. The Hall–Kier alpha value is -1.20. The van der Waals surface area contributed by atoms with E-state index in [0.29, 0.717) is 25.9 Å². The second-order valence-corrected chi connectivity index (χ2v) is 7.89. The summed E-state index contributed by atoms with van der Waals surface area (Å²) in [6.07, 6.45) is 1.29. The molecule has 0 aliphatic carbocycles. The Labute approximate surface area is 127 Å². The van der Waals surface area contributed by atoms with Crippen molar-refractivity contribution in [1.82, 2.24) is 4.31 Å². The summed E-state index contributed by atoms with van der Waals surface area (Å²) in [6.45, 7) is 4.46. The van der Waals surface area contributed by atoms with E-state index in [9.17, 15) is 13.2 Å². The summed E-state index contributed by atoms with van der Waals surface area (Å²) in [5.41, 5.74) is 1.04. The van der Waals surface area contributed by atoms with Crippen LogP contribution in [0.15, 0.2) is 30.3 Å². The predicted octanol–water partition coefficient (Wildman–Crippen LogP) is 2.42. The second kappa shape index (κ2) is 6.71. The molecule has 1 unspecified atom stereocenters. The molecule has 0 aromatic heterocycles. The third-order valence-electron chi connectivity index (χ3n) is 4.25. The average Bonchev–Trinajstić information content (AvgIpc) is 2.48. The van der Waals surface area contributed by atoms with Crippen molar-refractivity contribution in [2.24, 2.45) is 5.92 Å². The third-order valence-corrected chi connectivity index (χ3v) is 6.32. The Morgan fingerprint density at radius 1 is 1.24 bits per heavy atom. The van der Waals surface area contributed by atoms with Gasteiger partial charge in [0.25, 0.3) is 0 Å². The lowest BCUT2D eigenvalue weighted by Gasteiger charge is -2.30. The SMILES string of the molecule is CC(=O)C1CCN(S(=O)(=O)CC(C)c2ccccc2)CC1. The number of hydrogen-bond donors (Lipinski definition) is 0. The number of rotatable bonds is 5. The van der Waals surface area contributed by atoms with E-state index in [1.165, 1.54) is 0 Å². The van der Waals surface area contributed by atoms with Crippen LogP contribution in [-0.4, -0.2) is 37.3 Å². The lowest BCUT2D eigenvalue weighted by atomic mass is 9.95. The van der Waals surface area contributed by atoms with Crippen LogP contribution in [0.2, 0.25) is 0 Å². The highest BCUT2D eigenvalue weighted by Gasteiger charge is 2.30. The largest absolute Gasteiger partial charge is 0.300 e. The molecule has 1 fully saturated rings. The number of benzene rings is 1. The summed E-state index contributed by atoms with van der Waals surface area (Å²) < 4.78 is 26.5. The molecule has 5 heteroatoms. The molecule has 1 saturated heterocycles. The van der Waals surface area contributed by atoms with Crippen LogP contribution in [0.3, 0.4) is 0 Å². The van der Waals surface area contributed by atoms with E-state index in [2.05, 4.69) is 0 Å². The summed E-state index contributed by atoms with van der Waals surface area (Å²) >= 11 is 0. The van der Waals surface area contributed by atoms with Gasteiger partial charge in [-0.25, -0.2) is 12.7 Å². The van der Waals surface area contributed by atoms with E-state index in [-0.39, 0.29) is 23.4 Å². The first-order valence-corrected chi connectivity index (χ1v) is 9.04. The van der Waals surface area contributed by atoms with Crippen molar-refractivity contribution < 1.29 is 13.2 Å². The van der Waals surface area contributed by atoms with Crippen molar-refractivity contribution >= 4 is 15.8 Å². The van der Waals surface area contributed by atoms with E-state index >= 15 is 0 Å². The highest BCUT2D eigenvalue weighted by Crippen LogP contribution is 2.24. The van der Waals surface area contributed by atoms with Crippen molar-refractivity contribution in [3.63, 3.8) is 0 Å². The number of piperidine rings is 1. The average molecular weight is 309 g/mol. The fourth-order valence-corrected chi connectivity index (χ4v) is 4.64. The van der Waals surface area contributed by atoms with Gasteiger partial charge in [-0.2, -0.15) is 0 Å². The summed E-state index contributed by atoms with van der Waals surface area (Å²) in [5, 5.41) is 0. The minimum Gasteiger partial charge on any atom is -0.300 e. The zero-order chi connectivity index (χ0) is 15.5. The zero-order valence-electron chi connectivity index (χ0n) is 12.7. The van der Waals surface area contributed by atoms with Crippen molar-refractivity contribution in [3.8, 4) is 0 Å². The molecule has 1 atom stereocenters. The van der Waals surface area contributed by atoms with Gasteiger partial charge in [-0.05, 0) is 31.2 Å². The van der Waals surface area contributed by atoms with Gasteiger partial charge in [-0.3, -0.25) is 4.79 Å². The quantitative estimate of drug-likeness (QED) is 0.839. The molecule has 1 heterocycles. The van der Waals surface area contributed by atoms with Crippen LogP contribution < -0.4 is 0 Å². The molecule has 1 aromatic carbocycles. The van der Waals surface area contributed by atoms with Crippen LogP contribution in [0.25, 0.3) is 0 Å². The lowest BCUT2D eigenvalue weighted by Crippen LogP contribution is -2.41. The first-order valence-electron chi connectivity index (χ1n) is 7.43. The fraction of sp³-hybridized carbons (Fsp3) is 0.562. The summed E-state index contributed by atoms with van der Waals surface area (Å²) in [6, 6.07) is 9.70. The molecule has 0 N–H and O–H groups in total. The first-order chi connectivity index (χ1) is 9.90. The Morgan fingerprint density at radius 3 is 2.33 bits per heavy atom. The maximum atomic E-state index is 12.5. The van der Waals surface area contributed by atoms with Gasteiger partial charge in [0, 0.05) is 19.0 Å². The lowest BCUT2D eigenvalue weighted by molar-refractivity contribution is -0.121. The molecule has 21 heavy (non-hydrogen) atoms. The maximum Gasteiger partial charge on any atom is 0.214 e. The maximum absolute atomic E-state index is 12.5. The number of ketones is 1. The Kier molecular flexibility index (Phi) is 5.17. The minimum atomic E-state index is -3.26. The van der Waals surface area contributed by atoms with Crippen molar-refractivity contribution in [2.75, 3.05) is 18.8 Å². The predicted molar refractivity (Wildman–Crippen MR) is 83.6 cm³/mol. The van der Waals surface area contributed by atoms with E-state index in [1.807, 2.05) is 37.3 Å². The van der Waals surface area contributed by atoms with Gasteiger partial charge < -0.3 is 0 Å². The number of carbonyl (C=O) groups is 1. The van der Waals surface area contributed by atoms with Crippen molar-refractivity contribution in [1.29, 1.82) is 0 Å². The normalized spacial score (nSPS) is 19.3. The number of hydrogen-bond acceptors (Lipinski definition) is 3. The standard InChI is InChI=1S/C16H23NO3S/c1-13(15-6-4-3-5-7-15)12-21(19,20)17-10-8-16(9-11-17)14(2)18/h3-7,13,16H,8-12H2,1-2H3. The van der Waals surface area contributed by atoms with Crippen molar-refractivity contribution in [3.05, 3.63) is 35.9 Å². The Morgan fingerprint density at radius 2 is 1.81 bits per heavy atom. The van der Waals surface area contributed by atoms with E-state index in [4.69, 9.17) is 0 Å². The molecule has 116 valence electrons. The molecule has 1 aliphatic heterocycles. The molecule has 0 radical (unpaired) electrons. The van der Waals surface area contributed by atoms with E-state index < -0.39 is 10.0 Å². The summed E-state index contributed by atoms with van der Waals surface area (Å²) in [4.78, 5) is 11.3. The van der Waals surface area contributed by atoms with Gasteiger partial charge in [0.2, 0.25) is 10.0 Å². The van der Waals surface area contributed by atoms with E-state index in [0.717, 1.165) is 5.56 Å². The van der Waals surface area contributed by atoms with E-state index in [1.54, 1.807) is 11.2 Å². The number of sulfonamides is 1. The van der Waals surface area contributed by atoms with Gasteiger partial charge in [0.05, 0.1) is 5.75 Å². The van der Waals surface area contributed by atoms with Crippen LogP contribution in [0.1, 0.15) is 38.2 Å². The molecule has 2 rings (SSSR count). The van der Waals surface area contributed by atoms with Gasteiger partial charge in [-0.1, -0.05) is 37.3 Å². The van der Waals surface area contributed by atoms with Crippen LogP contribution in [0.5, 0.6) is 0 Å². The molecular weight excluding hydrogens is 286 g/mol. The smallest absolute Gasteiger partial charge is 0.214 e. The zero-order valence-corrected chi connectivity index (χ0v) is 13.5. The van der Waals surface area contributed by atoms with Crippen LogP contribution in [-0.2, 0) is 14.8 Å². The Bertz CT molecular complexity index is 575. The summed E-state index contributed by atoms with van der Waals surface area (Å²) in [5.74, 6) is 0.302. The summed E-state index contributed by atoms with van der Waals surface area (Å²) in [7, 11) is -3.26. The molecule has 0 amide bonds. The molecule has 1 aromatic rings. The van der Waals surface area contributed by atoms with Gasteiger partial charge >= 0.3 is 0 Å². The molecular formula is C16H23NO3S. The molecule has 0 saturated carbocycles. The van der Waals surface area contributed by atoms with Gasteiger partial charge in [0.15, 0.2) is 0 Å². The van der Waals surface area contributed by atoms with Crippen LogP contribution in [0, 0.1) is 5.92 Å². The second-order valence-electron chi connectivity index (χ2n) is 5.87. The topological polar surface area (TPSA) is 54.5 Å². The fourth-order valence-electron chi connectivity index (χ4n) is 2.84. The Balaban J connectivity index is 1.98. The number of Topliss-reactive ketones (excluding diaryl/α,β-unsaturated/α-hetero) is 1. The number of nitrogens with zero attached hydrogens (tertiary/aromatic N) is 1. The van der Waals surface area contributed by atoms with Gasteiger partial charge in [-0.15, -0.1) is 0 Å². The molecule has 0 bridgehead atoms. The highest BCUT2D eigenvalue weighted by atomic mass is 32.2. The molecule has 4 nitrogen and oxygen atoms in total. The monoisotopic (exact) mass is 309 g/mol. The number of carbonyl (C=O) groups excluding carboxylic acids is 1.